The Balaban J connectivity index is 1.93. The van der Waals surface area contributed by atoms with Gasteiger partial charge in [0.2, 0.25) is 11.8 Å². The number of nitrogens with zero attached hydrogens (tertiary/aromatic N) is 3. The molecule has 24 heavy (non-hydrogen) atoms. The second kappa shape index (κ2) is 6.64. The van der Waals surface area contributed by atoms with Crippen molar-refractivity contribution in [2.24, 2.45) is 10.7 Å². The van der Waals surface area contributed by atoms with Crippen molar-refractivity contribution in [3.05, 3.63) is 41.8 Å². The fourth-order valence-corrected chi connectivity index (χ4v) is 3.52. The van der Waals surface area contributed by atoms with Crippen LogP contribution in [0.3, 0.4) is 0 Å². The van der Waals surface area contributed by atoms with Crippen LogP contribution in [-0.2, 0) is 5.54 Å². The quantitative estimate of drug-likeness (QED) is 0.884. The Labute approximate surface area is 143 Å². The van der Waals surface area contributed by atoms with Gasteiger partial charge in [-0.15, -0.1) is 0 Å². The average Bonchev–Trinajstić information content (AvgIpc) is 2.56. The minimum absolute atomic E-state index is 0.307. The molecule has 2 aromatic rings. The number of methoxy groups -OCH3 is 1. The smallest absolute Gasteiger partial charge is 0.230 e. The first-order valence-electron chi connectivity index (χ1n) is 7.42. The van der Waals surface area contributed by atoms with E-state index in [2.05, 4.69) is 20.3 Å². The molecule has 2 heterocycles. The number of halogens is 1. The van der Waals surface area contributed by atoms with Gasteiger partial charge in [0.05, 0.1) is 12.6 Å². The second-order valence-electron chi connectivity index (χ2n) is 5.56. The van der Waals surface area contributed by atoms with E-state index in [-0.39, 0.29) is 5.82 Å². The molecule has 0 aliphatic carbocycles. The molecule has 6 nitrogen and oxygen atoms in total. The van der Waals surface area contributed by atoms with Crippen molar-refractivity contribution < 1.29 is 9.13 Å². The Hall–Kier alpha value is -2.35. The monoisotopic (exact) mass is 347 g/mol. The number of thioether (sulfide) groups is 1. The van der Waals surface area contributed by atoms with Crippen molar-refractivity contribution in [3.8, 4) is 5.88 Å². The zero-order chi connectivity index (χ0) is 17.2. The first-order chi connectivity index (χ1) is 11.5. The van der Waals surface area contributed by atoms with Crippen LogP contribution in [0.2, 0.25) is 0 Å². The first kappa shape index (κ1) is 16.5. The van der Waals surface area contributed by atoms with Crippen LogP contribution in [0.4, 0.5) is 16.0 Å². The van der Waals surface area contributed by atoms with Crippen LogP contribution in [0.1, 0.15) is 18.9 Å². The number of amidine groups is 1. The number of anilines is 2. The standard InChI is InChI=1S/C16H18FN5OS/c1-16(6-8-24-14(18)22-16)11-9-10(3-4-12(11)17)20-15-19-7-5-13(21-15)23-2/h3-5,7,9H,6,8H2,1-2H3,(H2,18,22)(H,19,20,21)/t16-/m0/s1. The molecule has 1 aliphatic rings. The third-order valence-electron chi connectivity index (χ3n) is 3.84. The zero-order valence-electron chi connectivity index (χ0n) is 13.4. The topological polar surface area (TPSA) is 85.4 Å². The Morgan fingerprint density at radius 2 is 2.21 bits per heavy atom. The minimum Gasteiger partial charge on any atom is -0.481 e. The van der Waals surface area contributed by atoms with Gasteiger partial charge in [0.15, 0.2) is 5.17 Å². The summed E-state index contributed by atoms with van der Waals surface area (Å²) in [7, 11) is 1.53. The molecule has 8 heteroatoms. The van der Waals surface area contributed by atoms with Crippen molar-refractivity contribution >= 4 is 28.6 Å². The molecule has 0 bridgehead atoms. The van der Waals surface area contributed by atoms with Crippen LogP contribution in [0.15, 0.2) is 35.5 Å². The number of nitrogens with one attached hydrogen (secondary N) is 1. The molecule has 1 atom stereocenters. The van der Waals surface area contributed by atoms with Crippen LogP contribution in [0.25, 0.3) is 0 Å². The van der Waals surface area contributed by atoms with Gasteiger partial charge in [-0.1, -0.05) is 11.8 Å². The van der Waals surface area contributed by atoms with Crippen molar-refractivity contribution in [1.82, 2.24) is 9.97 Å². The van der Waals surface area contributed by atoms with Gasteiger partial charge in [-0.25, -0.2) is 9.37 Å². The lowest BCUT2D eigenvalue weighted by Gasteiger charge is -2.30. The molecule has 3 rings (SSSR count). The van der Waals surface area contributed by atoms with Crippen LogP contribution < -0.4 is 15.8 Å². The highest BCUT2D eigenvalue weighted by atomic mass is 32.2. The first-order valence-corrected chi connectivity index (χ1v) is 8.41. The molecule has 3 N–H and O–H groups in total. The van der Waals surface area contributed by atoms with Crippen molar-refractivity contribution in [3.63, 3.8) is 0 Å². The molecule has 0 fully saturated rings. The highest BCUT2D eigenvalue weighted by Crippen LogP contribution is 2.37. The van der Waals surface area contributed by atoms with E-state index in [1.807, 2.05) is 6.92 Å². The van der Waals surface area contributed by atoms with Gasteiger partial charge in [-0.2, -0.15) is 4.98 Å². The molecule has 0 amide bonds. The third kappa shape index (κ3) is 3.43. The maximum Gasteiger partial charge on any atom is 0.230 e. The SMILES string of the molecule is COc1ccnc(Nc2ccc(F)c([C@]3(C)CCSC(N)=N3)c2)n1. The van der Waals surface area contributed by atoms with E-state index >= 15 is 0 Å². The molecule has 0 radical (unpaired) electrons. The molecule has 1 aromatic heterocycles. The number of hydrogen-bond acceptors (Lipinski definition) is 7. The minimum atomic E-state index is -0.674. The van der Waals surface area contributed by atoms with Crippen molar-refractivity contribution in [2.75, 3.05) is 18.2 Å². The number of ether oxygens (including phenoxy) is 1. The molecule has 0 saturated carbocycles. The van der Waals surface area contributed by atoms with E-state index in [1.165, 1.54) is 24.9 Å². The number of aromatic nitrogens is 2. The maximum atomic E-state index is 14.4. The number of aliphatic imine (C=N–C) groups is 1. The van der Waals surface area contributed by atoms with Crippen molar-refractivity contribution in [2.45, 2.75) is 18.9 Å². The number of nitrogens with two attached hydrogens (primary N) is 1. The van der Waals surface area contributed by atoms with Gasteiger partial charge in [-0.3, -0.25) is 4.99 Å². The van der Waals surface area contributed by atoms with Gasteiger partial charge in [0, 0.05) is 29.3 Å². The zero-order valence-corrected chi connectivity index (χ0v) is 14.2. The van der Waals surface area contributed by atoms with Gasteiger partial charge in [-0.05, 0) is 31.5 Å². The Kier molecular flexibility index (Phi) is 4.57. The maximum absolute atomic E-state index is 14.4. The number of benzene rings is 1. The molecular formula is C16H18FN5OS. The van der Waals surface area contributed by atoms with E-state index in [0.717, 1.165) is 5.75 Å². The van der Waals surface area contributed by atoms with E-state index in [0.29, 0.717) is 34.7 Å². The van der Waals surface area contributed by atoms with Crippen LogP contribution in [-0.4, -0.2) is 28.0 Å². The molecular weight excluding hydrogens is 329 g/mol. The lowest BCUT2D eigenvalue weighted by Crippen LogP contribution is -2.29. The Bertz CT molecular complexity index is 785. The van der Waals surface area contributed by atoms with Crippen LogP contribution in [0.5, 0.6) is 5.88 Å². The number of hydrogen-bond donors (Lipinski definition) is 2. The summed E-state index contributed by atoms with van der Waals surface area (Å²) in [6, 6.07) is 6.43. The van der Waals surface area contributed by atoms with Gasteiger partial charge >= 0.3 is 0 Å². The summed E-state index contributed by atoms with van der Waals surface area (Å²) in [4.78, 5) is 12.8. The second-order valence-corrected chi connectivity index (χ2v) is 6.68. The number of rotatable bonds is 4. The Morgan fingerprint density at radius 3 is 2.96 bits per heavy atom. The summed E-state index contributed by atoms with van der Waals surface area (Å²) in [6.07, 6.45) is 2.30. The summed E-state index contributed by atoms with van der Waals surface area (Å²) in [6.45, 7) is 1.89. The summed E-state index contributed by atoms with van der Waals surface area (Å²) < 4.78 is 19.5. The van der Waals surface area contributed by atoms with Gasteiger partial charge in [0.1, 0.15) is 5.82 Å². The molecule has 0 spiro atoms. The molecule has 1 aromatic carbocycles. The predicted molar refractivity (Wildman–Crippen MR) is 94.3 cm³/mol. The largest absolute Gasteiger partial charge is 0.481 e. The van der Waals surface area contributed by atoms with Crippen molar-refractivity contribution in [1.29, 1.82) is 0 Å². The van der Waals surface area contributed by atoms with E-state index in [4.69, 9.17) is 10.5 Å². The average molecular weight is 347 g/mol. The molecule has 0 saturated heterocycles. The fraction of sp³-hybridized carbons (Fsp3) is 0.312. The summed E-state index contributed by atoms with van der Waals surface area (Å²) in [5, 5.41) is 3.54. The van der Waals surface area contributed by atoms with E-state index in [9.17, 15) is 4.39 Å². The highest BCUT2D eigenvalue weighted by Gasteiger charge is 2.32. The third-order valence-corrected chi connectivity index (χ3v) is 4.63. The van der Waals surface area contributed by atoms with Gasteiger partial charge < -0.3 is 15.8 Å². The van der Waals surface area contributed by atoms with Gasteiger partial charge in [0.25, 0.3) is 0 Å². The highest BCUT2D eigenvalue weighted by molar-refractivity contribution is 8.13. The Morgan fingerprint density at radius 1 is 1.38 bits per heavy atom. The van der Waals surface area contributed by atoms with Crippen LogP contribution >= 0.6 is 11.8 Å². The summed E-state index contributed by atoms with van der Waals surface area (Å²) in [5.74, 6) is 1.32. The normalized spacial score (nSPS) is 20.4. The lowest BCUT2D eigenvalue weighted by atomic mass is 9.89. The molecule has 0 unspecified atom stereocenters. The fourth-order valence-electron chi connectivity index (χ4n) is 2.54. The lowest BCUT2D eigenvalue weighted by molar-refractivity contribution is 0.397. The van der Waals surface area contributed by atoms with E-state index in [1.54, 1.807) is 24.4 Å². The molecule has 1 aliphatic heterocycles. The molecule has 126 valence electrons. The summed E-state index contributed by atoms with van der Waals surface area (Å²) in [5.41, 5.74) is 6.33. The van der Waals surface area contributed by atoms with Crippen LogP contribution in [0, 0.1) is 5.82 Å². The van der Waals surface area contributed by atoms with E-state index < -0.39 is 5.54 Å². The predicted octanol–water partition coefficient (Wildman–Crippen LogP) is 3.03. The summed E-state index contributed by atoms with van der Waals surface area (Å²) >= 11 is 1.49.